The molecular formula is C11H19N3O2. The summed E-state index contributed by atoms with van der Waals surface area (Å²) in [6.45, 7) is 3.91. The highest BCUT2D eigenvalue weighted by Crippen LogP contribution is 2.31. The quantitative estimate of drug-likeness (QED) is 0.816. The molecule has 2 unspecified atom stereocenters. The standard InChI is InChI=1S/C11H19N3O2/c1-8-11(14-16-13-8)7-15-6-10-4-2-3-9(10)5-12/h9-10H,2-7,12H2,1H3. The van der Waals surface area contributed by atoms with Gasteiger partial charge in [0.25, 0.3) is 0 Å². The van der Waals surface area contributed by atoms with Crippen molar-refractivity contribution in [2.24, 2.45) is 17.6 Å². The van der Waals surface area contributed by atoms with Gasteiger partial charge in [0, 0.05) is 0 Å². The van der Waals surface area contributed by atoms with Gasteiger partial charge in [0.1, 0.15) is 11.4 Å². The summed E-state index contributed by atoms with van der Waals surface area (Å²) in [5.41, 5.74) is 7.32. The first-order valence-electron chi connectivity index (χ1n) is 5.87. The van der Waals surface area contributed by atoms with Crippen molar-refractivity contribution in [1.82, 2.24) is 10.3 Å². The van der Waals surface area contributed by atoms with Crippen LogP contribution < -0.4 is 5.73 Å². The molecule has 0 radical (unpaired) electrons. The predicted octanol–water partition coefficient (Wildman–Crippen LogP) is 1.27. The summed E-state index contributed by atoms with van der Waals surface area (Å²) in [6, 6.07) is 0. The molecule has 90 valence electrons. The summed E-state index contributed by atoms with van der Waals surface area (Å²) in [5, 5.41) is 7.50. The van der Waals surface area contributed by atoms with Gasteiger partial charge < -0.3 is 10.5 Å². The van der Waals surface area contributed by atoms with Crippen molar-refractivity contribution in [3.8, 4) is 0 Å². The van der Waals surface area contributed by atoms with Crippen LogP contribution in [0.3, 0.4) is 0 Å². The summed E-state index contributed by atoms with van der Waals surface area (Å²) >= 11 is 0. The number of aromatic nitrogens is 2. The molecule has 1 heterocycles. The first kappa shape index (κ1) is 11.5. The van der Waals surface area contributed by atoms with Gasteiger partial charge in [-0.05, 0) is 38.1 Å². The molecule has 1 aliphatic carbocycles. The number of ether oxygens (including phenoxy) is 1. The van der Waals surface area contributed by atoms with Gasteiger partial charge in [-0.3, -0.25) is 0 Å². The molecule has 0 aliphatic heterocycles. The number of hydrogen-bond donors (Lipinski definition) is 1. The van der Waals surface area contributed by atoms with E-state index in [-0.39, 0.29) is 0 Å². The molecule has 1 aromatic rings. The molecule has 2 atom stereocenters. The van der Waals surface area contributed by atoms with Gasteiger partial charge in [-0.25, -0.2) is 4.63 Å². The lowest BCUT2D eigenvalue weighted by atomic mass is 9.97. The van der Waals surface area contributed by atoms with E-state index in [4.69, 9.17) is 10.5 Å². The molecule has 2 rings (SSSR count). The topological polar surface area (TPSA) is 74.2 Å². The molecule has 0 aromatic carbocycles. The normalized spacial score (nSPS) is 25.1. The van der Waals surface area contributed by atoms with Crippen LogP contribution in [0.2, 0.25) is 0 Å². The maximum Gasteiger partial charge on any atom is 0.133 e. The average molecular weight is 225 g/mol. The second kappa shape index (κ2) is 5.41. The monoisotopic (exact) mass is 225 g/mol. The number of nitrogens with two attached hydrogens (primary N) is 1. The molecule has 5 nitrogen and oxygen atoms in total. The first-order valence-corrected chi connectivity index (χ1v) is 5.87. The van der Waals surface area contributed by atoms with Gasteiger partial charge in [-0.1, -0.05) is 16.7 Å². The lowest BCUT2D eigenvalue weighted by Crippen LogP contribution is -2.22. The molecular weight excluding hydrogens is 206 g/mol. The fraction of sp³-hybridized carbons (Fsp3) is 0.818. The molecule has 1 aliphatic rings. The van der Waals surface area contributed by atoms with E-state index in [0.29, 0.717) is 18.4 Å². The van der Waals surface area contributed by atoms with Gasteiger partial charge >= 0.3 is 0 Å². The van der Waals surface area contributed by atoms with Crippen molar-refractivity contribution in [3.05, 3.63) is 11.4 Å². The van der Waals surface area contributed by atoms with Crippen molar-refractivity contribution in [3.63, 3.8) is 0 Å². The van der Waals surface area contributed by atoms with E-state index in [9.17, 15) is 0 Å². The third-order valence-electron chi connectivity index (χ3n) is 3.44. The Bertz CT molecular complexity index is 327. The zero-order valence-corrected chi connectivity index (χ0v) is 9.69. The van der Waals surface area contributed by atoms with E-state index >= 15 is 0 Å². The minimum Gasteiger partial charge on any atom is -0.375 e. The molecule has 5 heteroatoms. The fourth-order valence-electron chi connectivity index (χ4n) is 2.33. The minimum absolute atomic E-state index is 0.489. The molecule has 0 bridgehead atoms. The van der Waals surface area contributed by atoms with Crippen LogP contribution in [0.4, 0.5) is 0 Å². The SMILES string of the molecule is Cc1nonc1COCC1CCCC1CN. The zero-order valence-electron chi connectivity index (χ0n) is 9.69. The third kappa shape index (κ3) is 2.59. The van der Waals surface area contributed by atoms with E-state index in [1.54, 1.807) is 0 Å². The zero-order chi connectivity index (χ0) is 11.4. The number of hydrogen-bond acceptors (Lipinski definition) is 5. The number of aryl methyl sites for hydroxylation is 1. The van der Waals surface area contributed by atoms with Gasteiger partial charge in [0.2, 0.25) is 0 Å². The highest BCUT2D eigenvalue weighted by Gasteiger charge is 2.26. The Hall–Kier alpha value is -0.940. The Kier molecular flexibility index (Phi) is 3.90. The second-order valence-electron chi connectivity index (χ2n) is 4.50. The summed E-state index contributed by atoms with van der Waals surface area (Å²) < 4.78 is 10.3. The number of nitrogens with zero attached hydrogens (tertiary/aromatic N) is 2. The summed E-state index contributed by atoms with van der Waals surface area (Å²) in [6.07, 6.45) is 3.76. The van der Waals surface area contributed by atoms with Crippen LogP contribution >= 0.6 is 0 Å². The van der Waals surface area contributed by atoms with E-state index < -0.39 is 0 Å². The molecule has 0 saturated heterocycles. The Morgan fingerprint density at radius 1 is 1.38 bits per heavy atom. The van der Waals surface area contributed by atoms with Gasteiger partial charge in [-0.15, -0.1) is 0 Å². The summed E-state index contributed by atoms with van der Waals surface area (Å²) in [5.74, 6) is 1.25. The molecule has 0 spiro atoms. The predicted molar refractivity (Wildman–Crippen MR) is 58.6 cm³/mol. The largest absolute Gasteiger partial charge is 0.375 e. The smallest absolute Gasteiger partial charge is 0.133 e. The Labute approximate surface area is 95.3 Å². The van der Waals surface area contributed by atoms with Crippen molar-refractivity contribution in [2.75, 3.05) is 13.2 Å². The maximum atomic E-state index is 5.72. The molecule has 1 saturated carbocycles. The average Bonchev–Trinajstić information content (AvgIpc) is 2.88. The number of rotatable bonds is 5. The Balaban J connectivity index is 1.74. The van der Waals surface area contributed by atoms with E-state index in [1.165, 1.54) is 19.3 Å². The second-order valence-corrected chi connectivity index (χ2v) is 4.50. The van der Waals surface area contributed by atoms with Crippen LogP contribution in [-0.2, 0) is 11.3 Å². The van der Waals surface area contributed by atoms with E-state index in [2.05, 4.69) is 14.9 Å². The Morgan fingerprint density at radius 3 is 2.88 bits per heavy atom. The van der Waals surface area contributed by atoms with Crippen LogP contribution in [0, 0.1) is 18.8 Å². The van der Waals surface area contributed by atoms with Crippen molar-refractivity contribution < 1.29 is 9.37 Å². The third-order valence-corrected chi connectivity index (χ3v) is 3.44. The van der Waals surface area contributed by atoms with Gasteiger partial charge in [0.15, 0.2) is 0 Å². The Morgan fingerprint density at radius 2 is 2.19 bits per heavy atom. The van der Waals surface area contributed by atoms with Crippen LogP contribution in [-0.4, -0.2) is 23.5 Å². The van der Waals surface area contributed by atoms with Crippen molar-refractivity contribution in [2.45, 2.75) is 32.8 Å². The molecule has 16 heavy (non-hydrogen) atoms. The van der Waals surface area contributed by atoms with Gasteiger partial charge in [-0.2, -0.15) is 0 Å². The van der Waals surface area contributed by atoms with E-state index in [0.717, 1.165) is 24.5 Å². The molecule has 1 fully saturated rings. The molecule has 2 N–H and O–H groups in total. The van der Waals surface area contributed by atoms with Crippen molar-refractivity contribution >= 4 is 0 Å². The highest BCUT2D eigenvalue weighted by atomic mass is 16.6. The molecule has 0 amide bonds. The summed E-state index contributed by atoms with van der Waals surface area (Å²) in [4.78, 5) is 0. The van der Waals surface area contributed by atoms with Crippen LogP contribution in [0.1, 0.15) is 30.7 Å². The highest BCUT2D eigenvalue weighted by molar-refractivity contribution is 5.02. The van der Waals surface area contributed by atoms with Crippen LogP contribution in [0.5, 0.6) is 0 Å². The van der Waals surface area contributed by atoms with E-state index in [1.807, 2.05) is 6.92 Å². The molecule has 1 aromatic heterocycles. The lowest BCUT2D eigenvalue weighted by Gasteiger charge is -2.17. The summed E-state index contributed by atoms with van der Waals surface area (Å²) in [7, 11) is 0. The first-order chi connectivity index (χ1) is 7.81. The van der Waals surface area contributed by atoms with Crippen molar-refractivity contribution in [1.29, 1.82) is 0 Å². The lowest BCUT2D eigenvalue weighted by molar-refractivity contribution is 0.0714. The van der Waals surface area contributed by atoms with Crippen LogP contribution in [0.15, 0.2) is 4.63 Å². The fourth-order valence-corrected chi connectivity index (χ4v) is 2.33. The van der Waals surface area contributed by atoms with Crippen LogP contribution in [0.25, 0.3) is 0 Å². The maximum absolute atomic E-state index is 5.72. The van der Waals surface area contributed by atoms with Gasteiger partial charge in [0.05, 0.1) is 13.2 Å². The minimum atomic E-state index is 0.489.